The van der Waals surface area contributed by atoms with Crippen molar-refractivity contribution in [2.24, 2.45) is 12.0 Å². The maximum atomic E-state index is 13.2. The lowest BCUT2D eigenvalue weighted by atomic mass is 9.95. The maximum Gasteiger partial charge on any atom is 0.254 e. The highest BCUT2D eigenvalue weighted by Crippen LogP contribution is 2.40. The van der Waals surface area contributed by atoms with Crippen LogP contribution < -0.4 is 5.32 Å². The second kappa shape index (κ2) is 8.52. The Labute approximate surface area is 186 Å². The van der Waals surface area contributed by atoms with E-state index in [1.165, 1.54) is 27.8 Å². The van der Waals surface area contributed by atoms with Crippen LogP contribution in [0.25, 0.3) is 10.9 Å². The molecule has 31 heavy (non-hydrogen) atoms. The highest BCUT2D eigenvalue weighted by atomic mass is 32.1. The Balaban J connectivity index is 1.47. The molecule has 5 heteroatoms. The molecule has 0 atom stereocenters. The Kier molecular flexibility index (Phi) is 5.43. The Morgan fingerprint density at radius 2 is 1.87 bits per heavy atom. The van der Waals surface area contributed by atoms with Crippen molar-refractivity contribution in [1.29, 1.82) is 0 Å². The fourth-order valence-electron chi connectivity index (χ4n) is 4.35. The third kappa shape index (κ3) is 3.93. The number of carbonyl (C=O) groups is 1. The topological polar surface area (TPSA) is 46.4 Å². The van der Waals surface area contributed by atoms with Gasteiger partial charge in [0, 0.05) is 47.3 Å². The van der Waals surface area contributed by atoms with Crippen LogP contribution in [0.1, 0.15) is 44.8 Å². The van der Waals surface area contributed by atoms with Gasteiger partial charge in [0.1, 0.15) is 5.00 Å². The number of benzene rings is 2. The zero-order valence-electron chi connectivity index (χ0n) is 17.6. The van der Waals surface area contributed by atoms with E-state index in [-0.39, 0.29) is 5.91 Å². The SMILES string of the molecule is Cn1cc(/C=N/c2sc3c(c2C(=O)NCc2ccccc2)CCCC3)c2ccccc21. The highest BCUT2D eigenvalue weighted by Gasteiger charge is 2.25. The first kappa shape index (κ1) is 19.8. The summed E-state index contributed by atoms with van der Waals surface area (Å²) in [5.41, 5.74) is 5.31. The quantitative estimate of drug-likeness (QED) is 0.402. The number of amides is 1. The number of para-hydroxylation sites is 1. The number of fused-ring (bicyclic) bond motifs is 2. The first-order chi connectivity index (χ1) is 15.2. The van der Waals surface area contributed by atoms with E-state index in [0.29, 0.717) is 6.54 Å². The normalized spacial score (nSPS) is 13.6. The number of hydrogen-bond donors (Lipinski definition) is 1. The Morgan fingerprint density at radius 1 is 1.10 bits per heavy atom. The number of carbonyl (C=O) groups excluding carboxylic acids is 1. The van der Waals surface area contributed by atoms with Gasteiger partial charge in [-0.1, -0.05) is 48.5 Å². The van der Waals surface area contributed by atoms with E-state index < -0.39 is 0 Å². The van der Waals surface area contributed by atoms with Crippen LogP contribution in [-0.2, 0) is 26.4 Å². The number of thiophene rings is 1. The van der Waals surface area contributed by atoms with E-state index in [2.05, 4.69) is 28.2 Å². The standard InChI is InChI=1S/C26H25N3OS/c1-29-17-19(20-11-5-7-13-22(20)29)16-28-26-24(21-12-6-8-14-23(21)31-26)25(30)27-15-18-9-3-2-4-10-18/h2-5,7,9-11,13,16-17H,6,8,12,14-15H2,1H3,(H,27,30)/b28-16+. The zero-order chi connectivity index (χ0) is 21.2. The van der Waals surface area contributed by atoms with Gasteiger partial charge in [-0.05, 0) is 42.9 Å². The van der Waals surface area contributed by atoms with Gasteiger partial charge in [-0.15, -0.1) is 11.3 Å². The van der Waals surface area contributed by atoms with E-state index >= 15 is 0 Å². The third-order valence-corrected chi connectivity index (χ3v) is 7.12. The summed E-state index contributed by atoms with van der Waals surface area (Å²) in [7, 11) is 2.05. The van der Waals surface area contributed by atoms with Crippen molar-refractivity contribution in [2.75, 3.05) is 0 Å². The second-order valence-corrected chi connectivity index (χ2v) is 9.11. The lowest BCUT2D eigenvalue weighted by Gasteiger charge is -2.12. The summed E-state index contributed by atoms with van der Waals surface area (Å²) in [6, 6.07) is 18.4. The molecule has 5 rings (SSSR count). The number of aromatic nitrogens is 1. The number of rotatable bonds is 5. The monoisotopic (exact) mass is 427 g/mol. The van der Waals surface area contributed by atoms with Gasteiger partial charge in [0.25, 0.3) is 5.91 Å². The van der Waals surface area contributed by atoms with E-state index in [9.17, 15) is 4.79 Å². The molecule has 1 N–H and O–H groups in total. The number of nitrogens with zero attached hydrogens (tertiary/aromatic N) is 2. The van der Waals surface area contributed by atoms with Gasteiger partial charge in [0.2, 0.25) is 0 Å². The van der Waals surface area contributed by atoms with E-state index in [1.54, 1.807) is 11.3 Å². The molecule has 2 heterocycles. The molecule has 4 aromatic rings. The maximum absolute atomic E-state index is 13.2. The average Bonchev–Trinajstić information content (AvgIpc) is 3.34. The van der Waals surface area contributed by atoms with Gasteiger partial charge in [-0.2, -0.15) is 0 Å². The van der Waals surface area contributed by atoms with E-state index in [0.717, 1.165) is 41.0 Å². The van der Waals surface area contributed by atoms with Crippen LogP contribution in [0.15, 0.2) is 65.8 Å². The van der Waals surface area contributed by atoms with Crippen LogP contribution in [0.3, 0.4) is 0 Å². The van der Waals surface area contributed by atoms with Crippen molar-refractivity contribution in [3.05, 3.63) is 87.9 Å². The van der Waals surface area contributed by atoms with Crippen LogP contribution in [0, 0.1) is 0 Å². The van der Waals surface area contributed by atoms with Crippen LogP contribution >= 0.6 is 11.3 Å². The molecule has 0 fully saturated rings. The molecule has 2 aromatic heterocycles. The number of aliphatic imine (C=N–C) groups is 1. The predicted octanol–water partition coefficient (Wildman–Crippen LogP) is 5.80. The van der Waals surface area contributed by atoms with E-state index in [1.807, 2.05) is 55.7 Å². The molecule has 0 saturated heterocycles. The molecule has 156 valence electrons. The predicted molar refractivity (Wildman–Crippen MR) is 129 cm³/mol. The van der Waals surface area contributed by atoms with Gasteiger partial charge in [-0.25, -0.2) is 4.99 Å². The van der Waals surface area contributed by atoms with Crippen molar-refractivity contribution in [2.45, 2.75) is 32.2 Å². The first-order valence-corrected chi connectivity index (χ1v) is 11.6. The molecule has 0 radical (unpaired) electrons. The average molecular weight is 428 g/mol. The minimum Gasteiger partial charge on any atom is -0.350 e. The Bertz CT molecular complexity index is 1270. The highest BCUT2D eigenvalue weighted by molar-refractivity contribution is 7.16. The molecule has 0 spiro atoms. The molecule has 1 aliphatic rings. The zero-order valence-corrected chi connectivity index (χ0v) is 18.4. The van der Waals surface area contributed by atoms with Gasteiger partial charge in [0.05, 0.1) is 5.56 Å². The third-order valence-electron chi connectivity index (χ3n) is 5.92. The van der Waals surface area contributed by atoms with Crippen molar-refractivity contribution in [1.82, 2.24) is 9.88 Å². The summed E-state index contributed by atoms with van der Waals surface area (Å²) in [6.45, 7) is 0.525. The van der Waals surface area contributed by atoms with Gasteiger partial charge >= 0.3 is 0 Å². The minimum absolute atomic E-state index is 0.0201. The largest absolute Gasteiger partial charge is 0.350 e. The van der Waals surface area contributed by atoms with Crippen LogP contribution in [-0.4, -0.2) is 16.7 Å². The van der Waals surface area contributed by atoms with Crippen molar-refractivity contribution in [3.8, 4) is 0 Å². The van der Waals surface area contributed by atoms with E-state index in [4.69, 9.17) is 4.99 Å². The minimum atomic E-state index is -0.0201. The molecular weight excluding hydrogens is 402 g/mol. The molecular formula is C26H25N3OS. The molecule has 2 aromatic carbocycles. The second-order valence-electron chi connectivity index (χ2n) is 8.03. The van der Waals surface area contributed by atoms with Crippen molar-refractivity contribution in [3.63, 3.8) is 0 Å². The summed E-state index contributed by atoms with van der Waals surface area (Å²) in [4.78, 5) is 19.4. The molecule has 0 bridgehead atoms. The number of aryl methyl sites for hydroxylation is 2. The summed E-state index contributed by atoms with van der Waals surface area (Å²) >= 11 is 1.68. The fourth-order valence-corrected chi connectivity index (χ4v) is 5.58. The molecule has 0 aliphatic heterocycles. The molecule has 4 nitrogen and oxygen atoms in total. The summed E-state index contributed by atoms with van der Waals surface area (Å²) < 4.78 is 2.11. The first-order valence-electron chi connectivity index (χ1n) is 10.8. The lowest BCUT2D eigenvalue weighted by Crippen LogP contribution is -2.24. The Morgan fingerprint density at radius 3 is 2.74 bits per heavy atom. The fraction of sp³-hybridized carbons (Fsp3) is 0.231. The molecule has 1 amide bonds. The number of nitrogens with one attached hydrogen (secondary N) is 1. The van der Waals surface area contributed by atoms with Crippen LogP contribution in [0.5, 0.6) is 0 Å². The van der Waals surface area contributed by atoms with Crippen molar-refractivity contribution >= 4 is 39.4 Å². The number of hydrogen-bond acceptors (Lipinski definition) is 3. The summed E-state index contributed by atoms with van der Waals surface area (Å²) in [5.74, 6) is -0.0201. The molecule has 0 unspecified atom stereocenters. The van der Waals surface area contributed by atoms with Gasteiger partial charge < -0.3 is 9.88 Å². The lowest BCUT2D eigenvalue weighted by molar-refractivity contribution is 0.0951. The summed E-state index contributed by atoms with van der Waals surface area (Å²) in [5, 5.41) is 5.11. The molecule has 1 aliphatic carbocycles. The molecule has 0 saturated carbocycles. The van der Waals surface area contributed by atoms with Crippen LogP contribution in [0.4, 0.5) is 5.00 Å². The smallest absolute Gasteiger partial charge is 0.254 e. The van der Waals surface area contributed by atoms with Gasteiger partial charge in [-0.3, -0.25) is 4.79 Å². The summed E-state index contributed by atoms with van der Waals surface area (Å²) in [6.07, 6.45) is 8.33. The van der Waals surface area contributed by atoms with Crippen molar-refractivity contribution < 1.29 is 4.79 Å². The van der Waals surface area contributed by atoms with Gasteiger partial charge in [0.15, 0.2) is 0 Å². The Hall–Kier alpha value is -3.18. The van der Waals surface area contributed by atoms with Crippen LogP contribution in [0.2, 0.25) is 0 Å².